The Kier molecular flexibility index (Phi) is 9.21. The number of benzene rings is 1. The van der Waals surface area contributed by atoms with Crippen LogP contribution >= 0.6 is 0 Å². The van der Waals surface area contributed by atoms with Gasteiger partial charge in [-0.1, -0.05) is 24.6 Å². The van der Waals surface area contributed by atoms with Gasteiger partial charge in [-0.25, -0.2) is 4.79 Å². The Bertz CT molecular complexity index is 703. The zero-order valence-corrected chi connectivity index (χ0v) is 17.3. The van der Waals surface area contributed by atoms with Gasteiger partial charge in [-0.15, -0.1) is 0 Å². The molecule has 3 amide bonds. The number of nitrogens with one attached hydrogen (secondary N) is 3. The zero-order valence-electron chi connectivity index (χ0n) is 17.3. The fourth-order valence-corrected chi connectivity index (χ4v) is 2.09. The van der Waals surface area contributed by atoms with Gasteiger partial charge in [0.1, 0.15) is 5.60 Å². The molecule has 0 aliphatic rings. The Morgan fingerprint density at radius 3 is 2.29 bits per heavy atom. The summed E-state index contributed by atoms with van der Waals surface area (Å²) < 4.78 is 5.10. The fraction of sp³-hybridized carbons (Fsp3) is 0.476. The van der Waals surface area contributed by atoms with Gasteiger partial charge in [0.25, 0.3) is 0 Å². The largest absolute Gasteiger partial charge is 0.444 e. The molecule has 0 heterocycles. The molecule has 1 aromatic carbocycles. The first-order chi connectivity index (χ1) is 13.1. The molecule has 0 unspecified atom stereocenters. The summed E-state index contributed by atoms with van der Waals surface area (Å²) >= 11 is 0. The lowest BCUT2D eigenvalue weighted by Crippen LogP contribution is -2.34. The topological polar surface area (TPSA) is 96.5 Å². The van der Waals surface area contributed by atoms with Crippen LogP contribution in [0.25, 0.3) is 0 Å². The maximum absolute atomic E-state index is 11.9. The van der Waals surface area contributed by atoms with Crippen LogP contribution in [0.4, 0.5) is 10.5 Å². The molecule has 0 aromatic heterocycles. The van der Waals surface area contributed by atoms with Crippen LogP contribution in [0.1, 0.15) is 53.0 Å². The molecular weight excluding hydrogens is 358 g/mol. The van der Waals surface area contributed by atoms with Crippen LogP contribution in [0.2, 0.25) is 0 Å². The zero-order chi connectivity index (χ0) is 21.2. The van der Waals surface area contributed by atoms with Gasteiger partial charge < -0.3 is 20.7 Å². The summed E-state index contributed by atoms with van der Waals surface area (Å²) in [5, 5.41) is 8.13. The van der Waals surface area contributed by atoms with Crippen molar-refractivity contribution in [1.29, 1.82) is 0 Å². The van der Waals surface area contributed by atoms with E-state index in [1.165, 1.54) is 0 Å². The third-order valence-electron chi connectivity index (χ3n) is 3.66. The first-order valence-corrected chi connectivity index (χ1v) is 9.39. The lowest BCUT2D eigenvalue weighted by atomic mass is 10.2. The molecule has 0 saturated carbocycles. The van der Waals surface area contributed by atoms with Crippen molar-refractivity contribution >= 4 is 23.6 Å². The molecule has 1 aromatic rings. The number of hydrogen-bond donors (Lipinski definition) is 3. The summed E-state index contributed by atoms with van der Waals surface area (Å²) in [5.74, 6) is -0.327. The second-order valence-electron chi connectivity index (χ2n) is 7.49. The molecule has 7 heteroatoms. The number of alkyl carbamates (subject to hydrolysis) is 1. The van der Waals surface area contributed by atoms with Crippen molar-refractivity contribution in [2.75, 3.05) is 11.9 Å². The molecule has 28 heavy (non-hydrogen) atoms. The maximum Gasteiger partial charge on any atom is 0.407 e. The van der Waals surface area contributed by atoms with Crippen molar-refractivity contribution in [2.24, 2.45) is 0 Å². The van der Waals surface area contributed by atoms with Crippen molar-refractivity contribution in [2.45, 2.75) is 59.6 Å². The summed E-state index contributed by atoms with van der Waals surface area (Å²) in [6.07, 6.45) is 2.03. The van der Waals surface area contributed by atoms with E-state index in [1.807, 2.05) is 26.0 Å². The first kappa shape index (κ1) is 23.2. The molecule has 0 fully saturated rings. The highest BCUT2D eigenvalue weighted by molar-refractivity contribution is 5.91. The predicted molar refractivity (Wildman–Crippen MR) is 110 cm³/mol. The normalized spacial score (nSPS) is 11.5. The molecule has 0 spiro atoms. The van der Waals surface area contributed by atoms with Gasteiger partial charge in [-0.3, -0.25) is 9.59 Å². The Morgan fingerprint density at radius 1 is 1.07 bits per heavy atom. The highest BCUT2D eigenvalue weighted by Crippen LogP contribution is 2.10. The average molecular weight is 389 g/mol. The minimum Gasteiger partial charge on any atom is -0.444 e. The van der Waals surface area contributed by atoms with Crippen LogP contribution in [-0.4, -0.2) is 30.1 Å². The van der Waals surface area contributed by atoms with E-state index in [-0.39, 0.29) is 24.8 Å². The second kappa shape index (κ2) is 11.1. The molecule has 0 aliphatic heterocycles. The molecule has 154 valence electrons. The van der Waals surface area contributed by atoms with Crippen LogP contribution in [0.3, 0.4) is 0 Å². The summed E-state index contributed by atoms with van der Waals surface area (Å²) in [7, 11) is 0. The molecule has 0 atom stereocenters. The van der Waals surface area contributed by atoms with Crippen LogP contribution in [0.15, 0.2) is 35.9 Å². The van der Waals surface area contributed by atoms with E-state index in [2.05, 4.69) is 16.0 Å². The quantitative estimate of drug-likeness (QED) is 0.593. The standard InChI is InChI=1S/C21H31N3O4/c1-6-15(2)13-19(26)23-14-16-7-9-17(10-8-16)24-18(25)11-12-22-20(27)28-21(3,4)5/h7-10,13H,6,11-12,14H2,1-5H3,(H,22,27)(H,23,26)(H,24,25)/b15-13+. The summed E-state index contributed by atoms with van der Waals surface area (Å²) in [6, 6.07) is 7.22. The lowest BCUT2D eigenvalue weighted by Gasteiger charge is -2.19. The molecule has 0 saturated heterocycles. The van der Waals surface area contributed by atoms with Gasteiger partial charge in [0, 0.05) is 31.3 Å². The number of rotatable bonds is 8. The Hall–Kier alpha value is -2.83. The summed E-state index contributed by atoms with van der Waals surface area (Å²) in [4.78, 5) is 35.2. The van der Waals surface area contributed by atoms with E-state index in [0.29, 0.717) is 12.2 Å². The maximum atomic E-state index is 11.9. The van der Waals surface area contributed by atoms with Gasteiger partial charge in [0.05, 0.1) is 0 Å². The third kappa shape index (κ3) is 10.4. The van der Waals surface area contributed by atoms with E-state index >= 15 is 0 Å². The number of ether oxygens (including phenoxy) is 1. The van der Waals surface area contributed by atoms with Gasteiger partial charge in [0.15, 0.2) is 0 Å². The summed E-state index contributed by atoms with van der Waals surface area (Å²) in [6.45, 7) is 9.85. The van der Waals surface area contributed by atoms with Gasteiger partial charge in [-0.05, 0) is 51.8 Å². The minimum atomic E-state index is -0.571. The molecule has 0 bridgehead atoms. The van der Waals surface area contributed by atoms with Crippen molar-refractivity contribution < 1.29 is 19.1 Å². The molecular formula is C21H31N3O4. The Balaban J connectivity index is 2.36. The fourth-order valence-electron chi connectivity index (χ4n) is 2.09. The van der Waals surface area contributed by atoms with Crippen molar-refractivity contribution in [3.63, 3.8) is 0 Å². The Labute approximate surface area is 166 Å². The SMILES string of the molecule is CC/C(C)=C/C(=O)NCc1ccc(NC(=O)CCNC(=O)OC(C)(C)C)cc1. The highest BCUT2D eigenvalue weighted by atomic mass is 16.6. The predicted octanol–water partition coefficient (Wildman–Crippen LogP) is 3.51. The lowest BCUT2D eigenvalue weighted by molar-refractivity contribution is -0.117. The van der Waals surface area contributed by atoms with E-state index in [4.69, 9.17) is 4.74 Å². The number of anilines is 1. The van der Waals surface area contributed by atoms with Crippen molar-refractivity contribution in [1.82, 2.24) is 10.6 Å². The van der Waals surface area contributed by atoms with Crippen LogP contribution < -0.4 is 16.0 Å². The van der Waals surface area contributed by atoms with Crippen molar-refractivity contribution in [3.05, 3.63) is 41.5 Å². The van der Waals surface area contributed by atoms with Gasteiger partial charge in [0.2, 0.25) is 11.8 Å². The number of carbonyl (C=O) groups is 3. The number of hydrogen-bond acceptors (Lipinski definition) is 4. The van der Waals surface area contributed by atoms with Crippen molar-refractivity contribution in [3.8, 4) is 0 Å². The van der Waals surface area contributed by atoms with Crippen LogP contribution in [0, 0.1) is 0 Å². The molecule has 0 aliphatic carbocycles. The van der Waals surface area contributed by atoms with Gasteiger partial charge in [-0.2, -0.15) is 0 Å². The van der Waals surface area contributed by atoms with Crippen LogP contribution in [0.5, 0.6) is 0 Å². The highest BCUT2D eigenvalue weighted by Gasteiger charge is 2.15. The Morgan fingerprint density at radius 2 is 1.71 bits per heavy atom. The molecule has 7 nitrogen and oxygen atoms in total. The number of allylic oxidation sites excluding steroid dienone is 1. The third-order valence-corrected chi connectivity index (χ3v) is 3.66. The minimum absolute atomic E-state index is 0.116. The monoisotopic (exact) mass is 389 g/mol. The van der Waals surface area contributed by atoms with Gasteiger partial charge >= 0.3 is 6.09 Å². The molecule has 0 radical (unpaired) electrons. The van der Waals surface area contributed by atoms with E-state index < -0.39 is 11.7 Å². The smallest absolute Gasteiger partial charge is 0.407 e. The average Bonchev–Trinajstić information content (AvgIpc) is 2.59. The van der Waals surface area contributed by atoms with E-state index in [0.717, 1.165) is 17.6 Å². The summed E-state index contributed by atoms with van der Waals surface area (Å²) in [5.41, 5.74) is 2.04. The first-order valence-electron chi connectivity index (χ1n) is 9.39. The number of amides is 3. The van der Waals surface area contributed by atoms with E-state index in [1.54, 1.807) is 39.0 Å². The second-order valence-corrected chi connectivity index (χ2v) is 7.49. The van der Waals surface area contributed by atoms with E-state index in [9.17, 15) is 14.4 Å². The molecule has 3 N–H and O–H groups in total. The number of carbonyl (C=O) groups excluding carboxylic acids is 3. The van der Waals surface area contributed by atoms with Crippen LogP contribution in [-0.2, 0) is 20.9 Å². The molecule has 1 rings (SSSR count).